The van der Waals surface area contributed by atoms with Crippen LogP contribution in [0.5, 0.6) is 0 Å². The summed E-state index contributed by atoms with van der Waals surface area (Å²) >= 11 is 9.30. The SMILES string of the molecule is N#CC1(Nc2ccc(Cl)c(Br)c2)CCOCC1. The summed E-state index contributed by atoms with van der Waals surface area (Å²) in [6, 6.07) is 7.93. The first-order chi connectivity index (χ1) is 8.15. The summed E-state index contributed by atoms with van der Waals surface area (Å²) in [5, 5.41) is 13.3. The van der Waals surface area contributed by atoms with Crippen molar-refractivity contribution in [3.63, 3.8) is 0 Å². The van der Waals surface area contributed by atoms with Crippen LogP contribution in [-0.2, 0) is 4.74 Å². The van der Waals surface area contributed by atoms with Crippen LogP contribution in [0.25, 0.3) is 0 Å². The normalized spacial score (nSPS) is 18.4. The molecular weight excluding hydrogens is 304 g/mol. The third-order valence-corrected chi connectivity index (χ3v) is 4.08. The number of nitriles is 1. The second kappa shape index (κ2) is 5.26. The van der Waals surface area contributed by atoms with Gasteiger partial charge in [0.1, 0.15) is 5.54 Å². The van der Waals surface area contributed by atoms with Crippen LogP contribution in [0.2, 0.25) is 5.02 Å². The first-order valence-electron chi connectivity index (χ1n) is 5.37. The van der Waals surface area contributed by atoms with Crippen molar-refractivity contribution >= 4 is 33.2 Å². The Labute approximate surface area is 114 Å². The molecule has 2 rings (SSSR count). The van der Waals surface area contributed by atoms with Crippen LogP contribution in [0.1, 0.15) is 12.8 Å². The van der Waals surface area contributed by atoms with Gasteiger partial charge in [0.05, 0.1) is 11.1 Å². The highest BCUT2D eigenvalue weighted by Gasteiger charge is 2.32. The number of nitrogens with zero attached hydrogens (tertiary/aromatic N) is 1. The van der Waals surface area contributed by atoms with Crippen LogP contribution in [-0.4, -0.2) is 18.8 Å². The second-order valence-electron chi connectivity index (χ2n) is 4.06. The maximum absolute atomic E-state index is 9.32. The minimum Gasteiger partial charge on any atom is -0.381 e. The molecule has 0 radical (unpaired) electrons. The Morgan fingerprint density at radius 1 is 1.41 bits per heavy atom. The van der Waals surface area contributed by atoms with Gasteiger partial charge in [0.15, 0.2) is 0 Å². The van der Waals surface area contributed by atoms with Gasteiger partial charge in [-0.3, -0.25) is 0 Å². The minimum atomic E-state index is -0.522. The number of hydrogen-bond donors (Lipinski definition) is 1. The summed E-state index contributed by atoms with van der Waals surface area (Å²) in [4.78, 5) is 0. The molecule has 1 fully saturated rings. The summed E-state index contributed by atoms with van der Waals surface area (Å²) in [5.74, 6) is 0. The van der Waals surface area contributed by atoms with E-state index in [4.69, 9.17) is 16.3 Å². The van der Waals surface area contributed by atoms with Crippen molar-refractivity contribution in [1.82, 2.24) is 0 Å². The topological polar surface area (TPSA) is 45.0 Å². The van der Waals surface area contributed by atoms with Crippen LogP contribution in [0.15, 0.2) is 22.7 Å². The lowest BCUT2D eigenvalue weighted by molar-refractivity contribution is 0.0753. The Morgan fingerprint density at radius 3 is 2.71 bits per heavy atom. The highest BCUT2D eigenvalue weighted by molar-refractivity contribution is 9.10. The lowest BCUT2D eigenvalue weighted by Crippen LogP contribution is -2.42. The van der Waals surface area contributed by atoms with Crippen molar-refractivity contribution in [3.8, 4) is 6.07 Å². The average molecular weight is 316 g/mol. The van der Waals surface area contributed by atoms with Gasteiger partial charge in [-0.15, -0.1) is 0 Å². The van der Waals surface area contributed by atoms with Crippen LogP contribution in [0.4, 0.5) is 5.69 Å². The molecule has 0 amide bonds. The van der Waals surface area contributed by atoms with Gasteiger partial charge >= 0.3 is 0 Å². The molecule has 3 nitrogen and oxygen atoms in total. The third kappa shape index (κ3) is 2.92. The van der Waals surface area contributed by atoms with Crippen molar-refractivity contribution in [2.45, 2.75) is 18.4 Å². The number of nitrogens with one attached hydrogen (secondary N) is 1. The minimum absolute atomic E-state index is 0.522. The number of halogens is 2. The van der Waals surface area contributed by atoms with E-state index < -0.39 is 5.54 Å². The average Bonchev–Trinajstić information content (AvgIpc) is 2.35. The first-order valence-corrected chi connectivity index (χ1v) is 6.55. The van der Waals surface area contributed by atoms with E-state index in [-0.39, 0.29) is 0 Å². The van der Waals surface area contributed by atoms with Crippen LogP contribution in [0.3, 0.4) is 0 Å². The summed E-state index contributed by atoms with van der Waals surface area (Å²) in [6.07, 6.45) is 1.40. The molecular formula is C12H12BrClN2O. The molecule has 17 heavy (non-hydrogen) atoms. The lowest BCUT2D eigenvalue weighted by Gasteiger charge is -2.32. The first kappa shape index (κ1) is 12.7. The van der Waals surface area contributed by atoms with Crippen molar-refractivity contribution in [2.24, 2.45) is 0 Å². The number of rotatable bonds is 2. The quantitative estimate of drug-likeness (QED) is 0.907. The van der Waals surface area contributed by atoms with E-state index in [1.807, 2.05) is 12.1 Å². The van der Waals surface area contributed by atoms with Crippen molar-refractivity contribution in [1.29, 1.82) is 5.26 Å². The molecule has 0 unspecified atom stereocenters. The maximum atomic E-state index is 9.32. The van der Waals surface area contributed by atoms with Gasteiger partial charge in [0.2, 0.25) is 0 Å². The Kier molecular flexibility index (Phi) is 3.93. The fraction of sp³-hybridized carbons (Fsp3) is 0.417. The van der Waals surface area contributed by atoms with E-state index >= 15 is 0 Å². The molecule has 90 valence electrons. The molecule has 1 aromatic carbocycles. The fourth-order valence-electron chi connectivity index (χ4n) is 1.83. The number of benzene rings is 1. The fourth-order valence-corrected chi connectivity index (χ4v) is 2.33. The van der Waals surface area contributed by atoms with Crippen molar-refractivity contribution in [3.05, 3.63) is 27.7 Å². The molecule has 1 aliphatic rings. The Balaban J connectivity index is 2.18. The number of anilines is 1. The third-order valence-electron chi connectivity index (χ3n) is 2.86. The summed E-state index contributed by atoms with van der Waals surface area (Å²) in [7, 11) is 0. The lowest BCUT2D eigenvalue weighted by atomic mass is 9.91. The van der Waals surface area contributed by atoms with Gasteiger partial charge < -0.3 is 10.1 Å². The van der Waals surface area contributed by atoms with E-state index in [9.17, 15) is 5.26 Å². The summed E-state index contributed by atoms with van der Waals surface area (Å²) in [5.41, 5.74) is 0.371. The maximum Gasteiger partial charge on any atom is 0.129 e. The number of hydrogen-bond acceptors (Lipinski definition) is 3. The monoisotopic (exact) mass is 314 g/mol. The van der Waals surface area contributed by atoms with Crippen LogP contribution in [0, 0.1) is 11.3 Å². The summed E-state index contributed by atoms with van der Waals surface area (Å²) in [6.45, 7) is 1.24. The Hall–Kier alpha value is -0.760. The zero-order chi connectivity index (χ0) is 12.3. The molecule has 5 heteroatoms. The Morgan fingerprint density at radius 2 is 2.12 bits per heavy atom. The van der Waals surface area contributed by atoms with Gasteiger partial charge in [-0.25, -0.2) is 0 Å². The largest absolute Gasteiger partial charge is 0.381 e. The van der Waals surface area contributed by atoms with E-state index in [0.717, 1.165) is 10.2 Å². The van der Waals surface area contributed by atoms with Crippen LogP contribution < -0.4 is 5.32 Å². The predicted octanol–water partition coefficient (Wildman–Crippen LogP) is 3.59. The molecule has 0 atom stereocenters. The Bertz CT molecular complexity index is 452. The van der Waals surface area contributed by atoms with Gasteiger partial charge in [-0.1, -0.05) is 11.6 Å². The second-order valence-corrected chi connectivity index (χ2v) is 5.32. The van der Waals surface area contributed by atoms with Crippen molar-refractivity contribution in [2.75, 3.05) is 18.5 Å². The molecule has 1 heterocycles. The molecule has 0 aliphatic carbocycles. The smallest absolute Gasteiger partial charge is 0.129 e. The summed E-state index contributed by atoms with van der Waals surface area (Å²) < 4.78 is 6.11. The molecule has 0 spiro atoms. The van der Waals surface area contributed by atoms with Crippen molar-refractivity contribution < 1.29 is 4.74 Å². The predicted molar refractivity (Wildman–Crippen MR) is 71.2 cm³/mol. The molecule has 1 aromatic rings. The molecule has 0 saturated carbocycles. The van der Waals surface area contributed by atoms with Gasteiger partial charge in [-0.2, -0.15) is 5.26 Å². The van der Waals surface area contributed by atoms with E-state index in [2.05, 4.69) is 27.3 Å². The van der Waals surface area contributed by atoms with Gasteiger partial charge in [0.25, 0.3) is 0 Å². The van der Waals surface area contributed by atoms with E-state index in [1.165, 1.54) is 0 Å². The molecule has 0 aromatic heterocycles. The zero-order valence-corrected chi connectivity index (χ0v) is 11.5. The highest BCUT2D eigenvalue weighted by Crippen LogP contribution is 2.30. The molecule has 1 aliphatic heterocycles. The molecule has 1 N–H and O–H groups in total. The van der Waals surface area contributed by atoms with Crippen LogP contribution >= 0.6 is 27.5 Å². The highest BCUT2D eigenvalue weighted by atomic mass is 79.9. The zero-order valence-electron chi connectivity index (χ0n) is 9.17. The number of ether oxygens (including phenoxy) is 1. The van der Waals surface area contributed by atoms with E-state index in [1.54, 1.807) is 6.07 Å². The van der Waals surface area contributed by atoms with Gasteiger partial charge in [0, 0.05) is 36.2 Å². The standard InChI is InChI=1S/C12H12BrClN2O/c13-10-7-9(1-2-11(10)14)16-12(8-15)3-5-17-6-4-12/h1-2,7,16H,3-6H2. The molecule has 1 saturated heterocycles. The molecule has 0 bridgehead atoms. The van der Waals surface area contributed by atoms with E-state index in [0.29, 0.717) is 31.1 Å². The van der Waals surface area contributed by atoms with Gasteiger partial charge in [-0.05, 0) is 34.1 Å².